The zero-order valence-corrected chi connectivity index (χ0v) is 16.5. The fourth-order valence-electron chi connectivity index (χ4n) is 3.20. The van der Waals surface area contributed by atoms with Crippen LogP contribution in [-0.2, 0) is 14.8 Å². The van der Waals surface area contributed by atoms with Crippen LogP contribution in [0.25, 0.3) is 0 Å². The Morgan fingerprint density at radius 1 is 1.22 bits per heavy atom. The van der Waals surface area contributed by atoms with Crippen molar-refractivity contribution in [2.75, 3.05) is 51.6 Å². The Kier molecular flexibility index (Phi) is 6.46. The first-order valence-corrected chi connectivity index (χ1v) is 10.8. The molecule has 1 aromatic carbocycles. The van der Waals surface area contributed by atoms with Crippen LogP contribution in [0.3, 0.4) is 0 Å². The minimum Gasteiger partial charge on any atom is -0.356 e. The van der Waals surface area contributed by atoms with Crippen molar-refractivity contribution in [1.29, 1.82) is 0 Å². The monoisotopic (exact) mass is 393 g/mol. The summed E-state index contributed by atoms with van der Waals surface area (Å²) >= 11 is 0. The summed E-state index contributed by atoms with van der Waals surface area (Å²) in [6.45, 7) is 5.95. The van der Waals surface area contributed by atoms with Crippen molar-refractivity contribution in [3.05, 3.63) is 24.3 Å². The number of sulfonamides is 1. The van der Waals surface area contributed by atoms with Gasteiger partial charge in [-0.05, 0) is 32.1 Å². The maximum atomic E-state index is 12.2. The van der Waals surface area contributed by atoms with Gasteiger partial charge >= 0.3 is 0 Å². The van der Waals surface area contributed by atoms with Gasteiger partial charge in [0.05, 0.1) is 5.69 Å². The molecule has 27 heavy (non-hydrogen) atoms. The van der Waals surface area contributed by atoms with Crippen LogP contribution in [0.2, 0.25) is 0 Å². The molecule has 8 nitrogen and oxygen atoms in total. The molecule has 0 aromatic heterocycles. The van der Waals surface area contributed by atoms with Gasteiger partial charge in [-0.1, -0.05) is 12.1 Å². The van der Waals surface area contributed by atoms with Gasteiger partial charge < -0.3 is 20.4 Å². The molecule has 0 aliphatic carbocycles. The summed E-state index contributed by atoms with van der Waals surface area (Å²) in [5, 5.41) is 5.90. The fourth-order valence-corrected chi connectivity index (χ4v) is 4.37. The van der Waals surface area contributed by atoms with Crippen LogP contribution in [-0.4, -0.2) is 76.3 Å². The van der Waals surface area contributed by atoms with Gasteiger partial charge in [0, 0.05) is 45.6 Å². The molecule has 2 N–H and O–H groups in total. The van der Waals surface area contributed by atoms with Crippen LogP contribution >= 0.6 is 0 Å². The van der Waals surface area contributed by atoms with E-state index in [1.54, 1.807) is 18.2 Å². The van der Waals surface area contributed by atoms with E-state index >= 15 is 0 Å². The fraction of sp³-hybridized carbons (Fsp3) is 0.556. The molecule has 0 atom stereocenters. The van der Waals surface area contributed by atoms with E-state index in [9.17, 15) is 13.2 Å². The van der Waals surface area contributed by atoms with Crippen molar-refractivity contribution in [3.63, 3.8) is 0 Å². The number of hydrogen-bond donors (Lipinski definition) is 2. The van der Waals surface area contributed by atoms with E-state index in [1.807, 2.05) is 0 Å². The molecular formula is C18H27N5O3S. The van der Waals surface area contributed by atoms with Crippen molar-refractivity contribution < 1.29 is 13.2 Å². The minimum absolute atomic E-state index is 0.0888. The largest absolute Gasteiger partial charge is 0.356 e. The van der Waals surface area contributed by atoms with Gasteiger partial charge in [0.15, 0.2) is 0 Å². The Balaban J connectivity index is 1.38. The average molecular weight is 394 g/mol. The average Bonchev–Trinajstić information content (AvgIpc) is 2.64. The molecule has 0 radical (unpaired) electrons. The summed E-state index contributed by atoms with van der Waals surface area (Å²) in [7, 11) is -1.56. The number of amides is 1. The van der Waals surface area contributed by atoms with Gasteiger partial charge in [-0.3, -0.25) is 4.79 Å². The summed E-state index contributed by atoms with van der Waals surface area (Å²) in [5.41, 5.74) is 0.509. The van der Waals surface area contributed by atoms with Crippen LogP contribution in [0.4, 0.5) is 5.69 Å². The van der Waals surface area contributed by atoms with Gasteiger partial charge in [0.25, 0.3) is 10.0 Å². The second kappa shape index (κ2) is 8.81. The number of anilines is 1. The Labute approximate surface area is 160 Å². The summed E-state index contributed by atoms with van der Waals surface area (Å²) < 4.78 is 28.1. The van der Waals surface area contributed by atoms with Crippen LogP contribution in [0.15, 0.2) is 33.6 Å². The third kappa shape index (κ3) is 5.50. The highest BCUT2D eigenvalue weighted by molar-refractivity contribution is 7.90. The zero-order chi connectivity index (χ0) is 19.3. The minimum atomic E-state index is -3.69. The number of para-hydroxylation sites is 1. The number of amidine groups is 1. The smallest absolute Gasteiger partial charge is 0.286 e. The number of nitrogens with one attached hydrogen (secondary N) is 2. The van der Waals surface area contributed by atoms with Gasteiger partial charge in [-0.15, -0.1) is 4.40 Å². The van der Waals surface area contributed by atoms with Crippen LogP contribution < -0.4 is 10.6 Å². The van der Waals surface area contributed by atoms with E-state index in [0.717, 1.165) is 39.1 Å². The molecule has 148 valence electrons. The summed E-state index contributed by atoms with van der Waals surface area (Å²) in [6, 6.07) is 6.64. The molecule has 3 rings (SSSR count). The Morgan fingerprint density at radius 2 is 1.96 bits per heavy atom. The highest BCUT2D eigenvalue weighted by Gasteiger charge is 2.24. The molecule has 1 fully saturated rings. The van der Waals surface area contributed by atoms with Crippen molar-refractivity contribution in [1.82, 2.24) is 15.1 Å². The quantitative estimate of drug-likeness (QED) is 0.664. The molecule has 0 bridgehead atoms. The molecule has 1 saturated heterocycles. The van der Waals surface area contributed by atoms with Gasteiger partial charge in [-0.25, -0.2) is 0 Å². The van der Waals surface area contributed by atoms with E-state index in [2.05, 4.69) is 31.9 Å². The Bertz CT molecular complexity index is 801. The number of rotatable bonds is 7. The third-order valence-corrected chi connectivity index (χ3v) is 6.20. The lowest BCUT2D eigenvalue weighted by Crippen LogP contribution is -2.45. The highest BCUT2D eigenvalue weighted by atomic mass is 32.2. The highest BCUT2D eigenvalue weighted by Crippen LogP contribution is 2.27. The van der Waals surface area contributed by atoms with Crippen LogP contribution in [0, 0.1) is 0 Å². The first-order valence-electron chi connectivity index (χ1n) is 9.31. The molecule has 0 saturated carbocycles. The number of carbonyl (C=O) groups excluding carboxylic acids is 1. The van der Waals surface area contributed by atoms with E-state index in [0.29, 0.717) is 18.1 Å². The van der Waals surface area contributed by atoms with Crippen molar-refractivity contribution in [2.45, 2.75) is 24.2 Å². The Hall–Kier alpha value is -1.97. The number of piperazine rings is 1. The molecule has 9 heteroatoms. The van der Waals surface area contributed by atoms with Crippen molar-refractivity contribution in [2.24, 2.45) is 4.40 Å². The van der Waals surface area contributed by atoms with E-state index in [1.165, 1.54) is 6.07 Å². The second-order valence-corrected chi connectivity index (χ2v) is 8.56. The molecule has 1 aromatic rings. The lowest BCUT2D eigenvalue weighted by molar-refractivity contribution is -0.120. The molecule has 1 amide bonds. The number of nitrogens with zero attached hydrogens (tertiary/aromatic N) is 3. The van der Waals surface area contributed by atoms with E-state index in [-0.39, 0.29) is 23.6 Å². The predicted octanol–water partition coefficient (Wildman–Crippen LogP) is 0.733. The first kappa shape index (κ1) is 19.8. The normalized spacial score (nSPS) is 19.7. The maximum absolute atomic E-state index is 12.2. The molecular weight excluding hydrogens is 366 g/mol. The number of hydrogen-bond acceptors (Lipinski definition) is 6. The lowest BCUT2D eigenvalue weighted by atomic mass is 10.2. The van der Waals surface area contributed by atoms with E-state index < -0.39 is 10.0 Å². The van der Waals surface area contributed by atoms with Crippen molar-refractivity contribution >= 4 is 27.5 Å². The molecule has 0 spiro atoms. The summed E-state index contributed by atoms with van der Waals surface area (Å²) in [6.07, 6.45) is 1.38. The number of likely N-dealkylation sites (N-methyl/N-ethyl adjacent to an activating group) is 1. The van der Waals surface area contributed by atoms with Crippen molar-refractivity contribution in [3.8, 4) is 0 Å². The van der Waals surface area contributed by atoms with Crippen LogP contribution in [0.5, 0.6) is 0 Å². The SMILES string of the molecule is CN1CCN(CCCNC(=O)CCC2=NS(=O)(=O)c3ccccc3N2)CC1. The Morgan fingerprint density at radius 3 is 2.74 bits per heavy atom. The number of carbonyl (C=O) groups is 1. The molecule has 0 unspecified atom stereocenters. The zero-order valence-electron chi connectivity index (χ0n) is 15.6. The molecule has 2 aliphatic heterocycles. The predicted molar refractivity (Wildman–Crippen MR) is 105 cm³/mol. The van der Waals surface area contributed by atoms with Gasteiger partial charge in [0.2, 0.25) is 5.91 Å². The summed E-state index contributed by atoms with van der Waals surface area (Å²) in [4.78, 5) is 16.9. The van der Waals surface area contributed by atoms with Crippen LogP contribution in [0.1, 0.15) is 19.3 Å². The summed E-state index contributed by atoms with van der Waals surface area (Å²) in [5.74, 6) is 0.218. The standard InChI is InChI=1S/C18H27N5O3S/c1-22-11-13-23(14-12-22)10-4-9-19-18(24)8-7-17-20-15-5-2-3-6-16(15)27(25,26)21-17/h2-3,5-6H,4,7-14H2,1H3,(H,19,24)(H,20,21). The number of fused-ring (bicyclic) bond motifs is 1. The number of benzene rings is 1. The molecule has 2 heterocycles. The maximum Gasteiger partial charge on any atom is 0.286 e. The second-order valence-electron chi connectivity index (χ2n) is 6.98. The lowest BCUT2D eigenvalue weighted by Gasteiger charge is -2.32. The third-order valence-electron chi connectivity index (χ3n) is 4.83. The van der Waals surface area contributed by atoms with Gasteiger partial charge in [0.1, 0.15) is 10.7 Å². The topological polar surface area (TPSA) is 94.1 Å². The van der Waals surface area contributed by atoms with E-state index in [4.69, 9.17) is 0 Å². The first-order chi connectivity index (χ1) is 12.9. The molecule has 2 aliphatic rings. The van der Waals surface area contributed by atoms with Gasteiger partial charge in [-0.2, -0.15) is 8.42 Å².